The van der Waals surface area contributed by atoms with Crippen LogP contribution in [0.5, 0.6) is 11.5 Å². The number of allylic oxidation sites excluding steroid dienone is 4. The van der Waals surface area contributed by atoms with Crippen LogP contribution < -0.4 is 5.69 Å². The van der Waals surface area contributed by atoms with Crippen molar-refractivity contribution in [1.29, 1.82) is 0 Å². The van der Waals surface area contributed by atoms with Crippen LogP contribution in [0, 0.1) is 5.92 Å². The zero-order valence-electron chi connectivity index (χ0n) is 27.7. The molecule has 11 nitrogen and oxygen atoms in total. The third kappa shape index (κ3) is 8.88. The molecule has 2 aromatic rings. The highest BCUT2D eigenvalue weighted by Gasteiger charge is 2.28. The Morgan fingerprint density at radius 1 is 1.07 bits per heavy atom. The second-order valence-corrected chi connectivity index (χ2v) is 13.6. The van der Waals surface area contributed by atoms with Gasteiger partial charge in [-0.2, -0.15) is 5.10 Å². The lowest BCUT2D eigenvalue weighted by molar-refractivity contribution is 0.0160. The molecule has 2 saturated heterocycles. The number of hydrogen-bond acceptors (Lipinski definition) is 8. The zero-order valence-corrected chi connectivity index (χ0v) is 27.7. The molecule has 246 valence electrons. The van der Waals surface area contributed by atoms with Crippen molar-refractivity contribution >= 4 is 11.8 Å². The zero-order chi connectivity index (χ0) is 32.9. The Morgan fingerprint density at radius 2 is 1.71 bits per heavy atom. The van der Waals surface area contributed by atoms with Gasteiger partial charge in [-0.1, -0.05) is 32.1 Å². The van der Waals surface area contributed by atoms with Crippen LogP contribution in [0.15, 0.2) is 47.3 Å². The predicted molar refractivity (Wildman–Crippen MR) is 177 cm³/mol. The number of aromatic hydroxyl groups is 2. The lowest BCUT2D eigenvalue weighted by atomic mass is 9.96. The fourth-order valence-corrected chi connectivity index (χ4v) is 5.94. The highest BCUT2D eigenvalue weighted by Crippen LogP contribution is 2.37. The molecule has 0 aliphatic carbocycles. The number of amides is 1. The fourth-order valence-electron chi connectivity index (χ4n) is 5.94. The van der Waals surface area contributed by atoms with E-state index in [2.05, 4.69) is 33.5 Å². The van der Waals surface area contributed by atoms with E-state index in [1.165, 1.54) is 10.6 Å². The number of piperidine rings is 1. The molecule has 3 heterocycles. The summed E-state index contributed by atoms with van der Waals surface area (Å²) in [5.41, 5.74) is 1.73. The minimum absolute atomic E-state index is 0.00446. The second-order valence-electron chi connectivity index (χ2n) is 13.6. The molecule has 11 heteroatoms. The topological polar surface area (TPSA) is 127 Å². The van der Waals surface area contributed by atoms with E-state index in [4.69, 9.17) is 4.74 Å². The molecule has 0 radical (unpaired) electrons. The molecule has 1 aromatic heterocycles. The number of carbonyl (C=O) groups excluding carboxylic acids is 1. The van der Waals surface area contributed by atoms with E-state index < -0.39 is 11.3 Å². The van der Waals surface area contributed by atoms with E-state index in [1.807, 2.05) is 51.7 Å². The summed E-state index contributed by atoms with van der Waals surface area (Å²) in [5, 5.41) is 27.5. The van der Waals surface area contributed by atoms with Crippen LogP contribution in [0.4, 0.5) is 4.79 Å². The van der Waals surface area contributed by atoms with Gasteiger partial charge in [-0.15, -0.1) is 0 Å². The number of benzene rings is 1. The van der Waals surface area contributed by atoms with Gasteiger partial charge in [-0.25, -0.2) is 19.3 Å². The lowest BCUT2D eigenvalue weighted by Crippen LogP contribution is -2.49. The number of aromatic nitrogens is 3. The number of ether oxygens (including phenoxy) is 1. The normalized spacial score (nSPS) is 18.1. The van der Waals surface area contributed by atoms with E-state index in [1.54, 1.807) is 12.1 Å². The first-order valence-corrected chi connectivity index (χ1v) is 15.9. The van der Waals surface area contributed by atoms with E-state index in [9.17, 15) is 19.8 Å². The molecule has 0 saturated carbocycles. The first-order chi connectivity index (χ1) is 21.3. The maximum absolute atomic E-state index is 12.8. The third-order valence-corrected chi connectivity index (χ3v) is 8.41. The van der Waals surface area contributed by atoms with Crippen molar-refractivity contribution in [3.63, 3.8) is 0 Å². The van der Waals surface area contributed by atoms with E-state index in [-0.39, 0.29) is 29.3 Å². The number of piperazine rings is 1. The monoisotopic (exact) mass is 622 g/mol. The van der Waals surface area contributed by atoms with Crippen LogP contribution in [-0.2, 0) is 4.74 Å². The number of aromatic amines is 1. The van der Waals surface area contributed by atoms with Crippen molar-refractivity contribution in [3.8, 4) is 22.9 Å². The summed E-state index contributed by atoms with van der Waals surface area (Å²) in [6.45, 7) is 22.9. The first kappa shape index (κ1) is 34.1. The number of phenolic OH excluding ortho intramolecular Hbond substituents is 2. The second kappa shape index (κ2) is 14.5. The number of carbonyl (C=O) groups is 1. The van der Waals surface area contributed by atoms with E-state index in [0.717, 1.165) is 70.8 Å². The molecule has 4 rings (SSSR count). The maximum atomic E-state index is 12.8. The summed E-state index contributed by atoms with van der Waals surface area (Å²) in [4.78, 5) is 32.0. The molecule has 0 unspecified atom stereocenters. The van der Waals surface area contributed by atoms with E-state index in [0.29, 0.717) is 22.7 Å². The van der Waals surface area contributed by atoms with Gasteiger partial charge < -0.3 is 24.7 Å². The smallest absolute Gasteiger partial charge is 0.410 e. The molecule has 1 aromatic carbocycles. The van der Waals surface area contributed by atoms with Crippen molar-refractivity contribution in [2.45, 2.75) is 65.9 Å². The number of likely N-dealkylation sites (tertiary alicyclic amines) is 1. The quantitative estimate of drug-likeness (QED) is 0.333. The standard InChI is InChI=1S/C34H50N6O5/c1-8-26(40-31(35-36-32(40)43)28-19-27(23(2)3)29(41)20-30(28)42)10-9-24(4)21-37-15-17-38(18-16-37)22-25-11-13-39(14-12-25)33(44)45-34(5,6)7/h8-10,19-20,23,25,41-42H,1,11-18,21-22H2,2-7H3,(H,36,43)/b24-9+,26-10+. The molecular weight excluding hydrogens is 572 g/mol. The molecule has 3 N–H and O–H groups in total. The summed E-state index contributed by atoms with van der Waals surface area (Å²) < 4.78 is 6.91. The van der Waals surface area contributed by atoms with Gasteiger partial charge in [-0.3, -0.25) is 4.90 Å². The molecule has 2 aliphatic heterocycles. The predicted octanol–water partition coefficient (Wildman–Crippen LogP) is 5.01. The van der Waals surface area contributed by atoms with Gasteiger partial charge in [0, 0.05) is 58.4 Å². The molecular formula is C34H50N6O5. The Morgan fingerprint density at radius 3 is 2.31 bits per heavy atom. The van der Waals surface area contributed by atoms with Gasteiger partial charge >= 0.3 is 11.8 Å². The summed E-state index contributed by atoms with van der Waals surface area (Å²) >= 11 is 0. The average Bonchev–Trinajstić information content (AvgIpc) is 3.34. The maximum Gasteiger partial charge on any atom is 0.410 e. The van der Waals surface area contributed by atoms with Crippen molar-refractivity contribution in [2.24, 2.45) is 5.92 Å². The fraction of sp³-hybridized carbons (Fsp3) is 0.559. The largest absolute Gasteiger partial charge is 0.508 e. The SMILES string of the molecule is C=C/C(=C\C=C(/C)CN1CCN(CC2CCN(C(=O)OC(C)(C)C)CC2)CC1)n1c(-c2cc(C(C)C)c(O)cc2O)n[nH]c1=O. The van der Waals surface area contributed by atoms with Crippen LogP contribution in [0.1, 0.15) is 65.9 Å². The van der Waals surface area contributed by atoms with E-state index >= 15 is 0 Å². The van der Waals surface area contributed by atoms with Gasteiger partial charge in [0.15, 0.2) is 5.82 Å². The number of H-pyrrole nitrogens is 1. The number of nitrogens with zero attached hydrogens (tertiary/aromatic N) is 5. The molecule has 45 heavy (non-hydrogen) atoms. The van der Waals surface area contributed by atoms with Gasteiger partial charge in [0.05, 0.1) is 11.3 Å². The summed E-state index contributed by atoms with van der Waals surface area (Å²) in [6, 6.07) is 2.94. The van der Waals surface area contributed by atoms with Crippen LogP contribution in [0.2, 0.25) is 0 Å². The van der Waals surface area contributed by atoms with Gasteiger partial charge in [0.1, 0.15) is 17.1 Å². The van der Waals surface area contributed by atoms with Crippen LogP contribution in [0.25, 0.3) is 17.1 Å². The Bertz CT molecular complexity index is 1460. The molecule has 0 atom stereocenters. The van der Waals surface area contributed by atoms with Gasteiger partial charge in [-0.05, 0) is 76.2 Å². The Balaban J connectivity index is 1.33. The van der Waals surface area contributed by atoms with Gasteiger partial charge in [0.25, 0.3) is 0 Å². The molecule has 2 aliphatic rings. The number of rotatable bonds is 9. The number of nitrogens with one attached hydrogen (secondary N) is 1. The Hall–Kier alpha value is -3.83. The van der Waals surface area contributed by atoms with Crippen LogP contribution in [0.3, 0.4) is 0 Å². The first-order valence-electron chi connectivity index (χ1n) is 15.9. The highest BCUT2D eigenvalue weighted by molar-refractivity contribution is 5.72. The summed E-state index contributed by atoms with van der Waals surface area (Å²) in [6.07, 6.45) is 7.21. The molecule has 2 fully saturated rings. The van der Waals surface area contributed by atoms with Crippen LogP contribution in [-0.4, -0.2) is 104 Å². The average molecular weight is 623 g/mol. The minimum Gasteiger partial charge on any atom is -0.508 e. The summed E-state index contributed by atoms with van der Waals surface area (Å²) in [5.74, 6) is 0.668. The van der Waals surface area contributed by atoms with Crippen molar-refractivity contribution in [2.75, 3.05) is 52.4 Å². The summed E-state index contributed by atoms with van der Waals surface area (Å²) in [7, 11) is 0. The molecule has 0 bridgehead atoms. The van der Waals surface area contributed by atoms with Crippen molar-refractivity contribution in [3.05, 3.63) is 58.6 Å². The molecule has 1 amide bonds. The molecule has 0 spiro atoms. The van der Waals surface area contributed by atoms with Crippen molar-refractivity contribution < 1.29 is 19.7 Å². The number of hydrogen-bond donors (Lipinski definition) is 3. The third-order valence-electron chi connectivity index (χ3n) is 8.41. The number of phenols is 2. The Kier molecular flexibility index (Phi) is 11.0. The minimum atomic E-state index is -0.467. The van der Waals surface area contributed by atoms with Crippen molar-refractivity contribution in [1.82, 2.24) is 29.5 Å². The van der Waals surface area contributed by atoms with Gasteiger partial charge in [0.2, 0.25) is 0 Å². The van der Waals surface area contributed by atoms with Crippen LogP contribution >= 0.6 is 0 Å². The highest BCUT2D eigenvalue weighted by atomic mass is 16.6. The lowest BCUT2D eigenvalue weighted by Gasteiger charge is -2.39. The Labute approximate surface area is 266 Å².